The summed E-state index contributed by atoms with van der Waals surface area (Å²) in [4.78, 5) is 16.6. The molecule has 0 unspecified atom stereocenters. The van der Waals surface area contributed by atoms with Gasteiger partial charge in [0.25, 0.3) is 0 Å². The summed E-state index contributed by atoms with van der Waals surface area (Å²) in [5.41, 5.74) is 3.41. The van der Waals surface area contributed by atoms with Gasteiger partial charge in [0.15, 0.2) is 0 Å². The lowest BCUT2D eigenvalue weighted by atomic mass is 10.0. The Balaban J connectivity index is 1.70. The number of amides is 1. The van der Waals surface area contributed by atoms with Crippen LogP contribution in [0.4, 0.5) is 10.1 Å². The van der Waals surface area contributed by atoms with E-state index < -0.39 is 0 Å². The van der Waals surface area contributed by atoms with Crippen LogP contribution in [-0.2, 0) is 11.2 Å². The molecule has 0 spiro atoms. The van der Waals surface area contributed by atoms with E-state index >= 15 is 0 Å². The average Bonchev–Trinajstić information content (AvgIpc) is 2.61. The SMILES string of the molecule is C[C@H](c1ccc(F)cc1)N(C)C(=O)CN1CCCc2ccccc21. The Morgan fingerprint density at radius 3 is 2.67 bits per heavy atom. The first-order chi connectivity index (χ1) is 11.6. The minimum Gasteiger partial charge on any atom is -0.362 e. The van der Waals surface area contributed by atoms with Crippen molar-refractivity contribution in [3.8, 4) is 0 Å². The molecule has 1 heterocycles. The molecule has 0 bridgehead atoms. The smallest absolute Gasteiger partial charge is 0.242 e. The number of hydrogen-bond acceptors (Lipinski definition) is 2. The normalized spacial score (nSPS) is 14.9. The number of carbonyl (C=O) groups excluding carboxylic acids is 1. The third-order valence-electron chi connectivity index (χ3n) is 4.86. The fourth-order valence-corrected chi connectivity index (χ4v) is 3.23. The predicted octanol–water partition coefficient (Wildman–Crippen LogP) is 3.80. The third-order valence-corrected chi connectivity index (χ3v) is 4.86. The van der Waals surface area contributed by atoms with Crippen molar-refractivity contribution in [2.24, 2.45) is 0 Å². The molecular formula is C20H23FN2O. The van der Waals surface area contributed by atoms with Crippen LogP contribution >= 0.6 is 0 Å². The van der Waals surface area contributed by atoms with E-state index in [9.17, 15) is 9.18 Å². The van der Waals surface area contributed by atoms with E-state index in [0.717, 1.165) is 24.9 Å². The number of anilines is 1. The van der Waals surface area contributed by atoms with E-state index in [1.165, 1.54) is 23.4 Å². The van der Waals surface area contributed by atoms with Crippen molar-refractivity contribution in [1.29, 1.82) is 0 Å². The number of likely N-dealkylation sites (N-methyl/N-ethyl adjacent to an activating group) is 1. The minimum atomic E-state index is -0.259. The third kappa shape index (κ3) is 3.42. The molecule has 4 heteroatoms. The van der Waals surface area contributed by atoms with Gasteiger partial charge in [0.1, 0.15) is 5.82 Å². The van der Waals surface area contributed by atoms with Gasteiger partial charge in [0, 0.05) is 19.3 Å². The molecule has 2 aromatic carbocycles. The second-order valence-corrected chi connectivity index (χ2v) is 6.39. The quantitative estimate of drug-likeness (QED) is 0.853. The highest BCUT2D eigenvalue weighted by molar-refractivity contribution is 5.82. The van der Waals surface area contributed by atoms with Crippen LogP contribution in [0, 0.1) is 5.82 Å². The van der Waals surface area contributed by atoms with Crippen LogP contribution in [0.3, 0.4) is 0 Å². The lowest BCUT2D eigenvalue weighted by Crippen LogP contribution is -2.41. The molecule has 1 atom stereocenters. The molecule has 1 aliphatic heterocycles. The molecule has 1 aliphatic rings. The molecular weight excluding hydrogens is 303 g/mol. The zero-order valence-corrected chi connectivity index (χ0v) is 14.2. The molecule has 0 saturated carbocycles. The highest BCUT2D eigenvalue weighted by atomic mass is 19.1. The average molecular weight is 326 g/mol. The number of halogens is 1. The van der Waals surface area contributed by atoms with E-state index in [2.05, 4.69) is 17.0 Å². The van der Waals surface area contributed by atoms with Crippen LogP contribution in [0.1, 0.15) is 30.5 Å². The van der Waals surface area contributed by atoms with E-state index in [1.54, 1.807) is 17.0 Å². The summed E-state index contributed by atoms with van der Waals surface area (Å²) in [6, 6.07) is 14.6. The van der Waals surface area contributed by atoms with Gasteiger partial charge in [0.2, 0.25) is 5.91 Å². The number of para-hydroxylation sites is 1. The lowest BCUT2D eigenvalue weighted by Gasteiger charge is -2.33. The maximum Gasteiger partial charge on any atom is 0.242 e. The number of fused-ring (bicyclic) bond motifs is 1. The van der Waals surface area contributed by atoms with Crippen LogP contribution in [0.15, 0.2) is 48.5 Å². The Bertz CT molecular complexity index is 714. The van der Waals surface area contributed by atoms with Crippen LogP contribution in [0.5, 0.6) is 0 Å². The number of carbonyl (C=O) groups is 1. The molecule has 0 N–H and O–H groups in total. The zero-order chi connectivity index (χ0) is 17.1. The van der Waals surface area contributed by atoms with Crippen LogP contribution < -0.4 is 4.90 Å². The fraction of sp³-hybridized carbons (Fsp3) is 0.350. The largest absolute Gasteiger partial charge is 0.362 e. The van der Waals surface area contributed by atoms with Crippen LogP contribution in [-0.4, -0.2) is 30.9 Å². The van der Waals surface area contributed by atoms with Crippen molar-refractivity contribution in [2.75, 3.05) is 25.0 Å². The molecule has 24 heavy (non-hydrogen) atoms. The number of hydrogen-bond donors (Lipinski definition) is 0. The fourth-order valence-electron chi connectivity index (χ4n) is 3.23. The summed E-state index contributed by atoms with van der Waals surface area (Å²) in [5, 5.41) is 0. The summed E-state index contributed by atoms with van der Waals surface area (Å²) in [6.07, 6.45) is 2.14. The van der Waals surface area contributed by atoms with Crippen LogP contribution in [0.25, 0.3) is 0 Å². The van der Waals surface area contributed by atoms with Gasteiger partial charge in [-0.05, 0) is 49.1 Å². The summed E-state index contributed by atoms with van der Waals surface area (Å²) < 4.78 is 13.1. The molecule has 2 aromatic rings. The summed E-state index contributed by atoms with van der Waals surface area (Å²) >= 11 is 0. The minimum absolute atomic E-state index is 0.0727. The second kappa shape index (κ2) is 7.04. The number of aryl methyl sites for hydroxylation is 1. The topological polar surface area (TPSA) is 23.6 Å². The van der Waals surface area contributed by atoms with E-state index in [1.807, 2.05) is 26.1 Å². The van der Waals surface area contributed by atoms with Crippen molar-refractivity contribution in [1.82, 2.24) is 4.90 Å². The van der Waals surface area contributed by atoms with Crippen molar-refractivity contribution < 1.29 is 9.18 Å². The van der Waals surface area contributed by atoms with Gasteiger partial charge in [-0.1, -0.05) is 30.3 Å². The first kappa shape index (κ1) is 16.5. The Hall–Kier alpha value is -2.36. The molecule has 0 radical (unpaired) electrons. The van der Waals surface area contributed by atoms with Crippen molar-refractivity contribution in [3.63, 3.8) is 0 Å². The van der Waals surface area contributed by atoms with E-state index in [-0.39, 0.29) is 17.8 Å². The van der Waals surface area contributed by atoms with Gasteiger partial charge in [-0.15, -0.1) is 0 Å². The zero-order valence-electron chi connectivity index (χ0n) is 14.2. The highest BCUT2D eigenvalue weighted by Gasteiger charge is 2.23. The molecule has 0 aliphatic carbocycles. The Morgan fingerprint density at radius 2 is 1.92 bits per heavy atom. The first-order valence-electron chi connectivity index (χ1n) is 8.40. The molecule has 1 amide bonds. The highest BCUT2D eigenvalue weighted by Crippen LogP contribution is 2.27. The van der Waals surface area contributed by atoms with Gasteiger partial charge >= 0.3 is 0 Å². The van der Waals surface area contributed by atoms with Gasteiger partial charge in [-0.3, -0.25) is 4.79 Å². The monoisotopic (exact) mass is 326 g/mol. The van der Waals surface area contributed by atoms with Gasteiger partial charge in [0.05, 0.1) is 12.6 Å². The Labute approximate surface area is 142 Å². The molecule has 3 nitrogen and oxygen atoms in total. The predicted molar refractivity (Wildman–Crippen MR) is 94.6 cm³/mol. The maximum atomic E-state index is 13.1. The maximum absolute atomic E-state index is 13.1. The standard InChI is InChI=1S/C20H23FN2O/c1-15(16-9-11-18(21)12-10-16)22(2)20(24)14-23-13-5-7-17-6-3-4-8-19(17)23/h3-4,6,8-12,15H,5,7,13-14H2,1-2H3/t15-/m1/s1. The lowest BCUT2D eigenvalue weighted by molar-refractivity contribution is -0.130. The van der Waals surface area contributed by atoms with Crippen LogP contribution in [0.2, 0.25) is 0 Å². The number of rotatable bonds is 4. The Kier molecular flexibility index (Phi) is 4.84. The summed E-state index contributed by atoms with van der Waals surface area (Å²) in [5.74, 6) is -0.187. The number of nitrogens with zero attached hydrogens (tertiary/aromatic N) is 2. The summed E-state index contributed by atoms with van der Waals surface area (Å²) in [7, 11) is 1.81. The molecule has 126 valence electrons. The summed E-state index contributed by atoms with van der Waals surface area (Å²) in [6.45, 7) is 3.25. The van der Waals surface area contributed by atoms with Gasteiger partial charge in [-0.25, -0.2) is 4.39 Å². The molecule has 0 fully saturated rings. The van der Waals surface area contributed by atoms with Gasteiger partial charge < -0.3 is 9.80 Å². The second-order valence-electron chi connectivity index (χ2n) is 6.39. The van der Waals surface area contributed by atoms with E-state index in [0.29, 0.717) is 6.54 Å². The Morgan fingerprint density at radius 1 is 1.21 bits per heavy atom. The molecule has 3 rings (SSSR count). The van der Waals surface area contributed by atoms with Crippen molar-refractivity contribution in [2.45, 2.75) is 25.8 Å². The molecule has 0 aromatic heterocycles. The van der Waals surface area contributed by atoms with Gasteiger partial charge in [-0.2, -0.15) is 0 Å². The number of benzene rings is 2. The van der Waals surface area contributed by atoms with E-state index in [4.69, 9.17) is 0 Å². The van der Waals surface area contributed by atoms with Crippen molar-refractivity contribution in [3.05, 3.63) is 65.5 Å². The van der Waals surface area contributed by atoms with Crippen molar-refractivity contribution >= 4 is 11.6 Å². The molecule has 0 saturated heterocycles. The first-order valence-corrected chi connectivity index (χ1v) is 8.40.